The lowest BCUT2D eigenvalue weighted by Gasteiger charge is -2.10. The third kappa shape index (κ3) is 2.68. The van der Waals surface area contributed by atoms with Gasteiger partial charge in [-0.2, -0.15) is 0 Å². The third-order valence-corrected chi connectivity index (χ3v) is 2.78. The second-order valence-corrected chi connectivity index (χ2v) is 4.17. The first-order valence-corrected chi connectivity index (χ1v) is 5.62. The number of ether oxygens (including phenoxy) is 1. The first-order chi connectivity index (χ1) is 8.22. The summed E-state index contributed by atoms with van der Waals surface area (Å²) in [5, 5.41) is 9.02. The first kappa shape index (κ1) is 11.7. The Morgan fingerprint density at radius 3 is 2.76 bits per heavy atom. The van der Waals surface area contributed by atoms with Crippen LogP contribution in [0.2, 0.25) is 0 Å². The van der Waals surface area contributed by atoms with Gasteiger partial charge in [0.2, 0.25) is 0 Å². The number of aliphatic hydroxyl groups excluding tert-OH is 1. The van der Waals surface area contributed by atoms with Crippen LogP contribution in [-0.2, 0) is 13.2 Å². The largest absolute Gasteiger partial charge is 0.496 e. The van der Waals surface area contributed by atoms with Crippen molar-refractivity contribution in [1.29, 1.82) is 0 Å². The normalized spacial score (nSPS) is 10.5. The Morgan fingerprint density at radius 1 is 1.29 bits per heavy atom. The topological polar surface area (TPSA) is 34.4 Å². The molecule has 2 rings (SSSR count). The van der Waals surface area contributed by atoms with Crippen LogP contribution in [0.1, 0.15) is 16.7 Å². The Bertz CT molecular complexity index is 503. The molecule has 17 heavy (non-hydrogen) atoms. The molecule has 1 aromatic carbocycles. The molecule has 0 radical (unpaired) electrons. The van der Waals surface area contributed by atoms with Crippen LogP contribution >= 0.6 is 0 Å². The summed E-state index contributed by atoms with van der Waals surface area (Å²) in [5.41, 5.74) is 3.29. The monoisotopic (exact) mass is 231 g/mol. The van der Waals surface area contributed by atoms with Crippen LogP contribution in [0, 0.1) is 6.92 Å². The molecular weight excluding hydrogens is 214 g/mol. The van der Waals surface area contributed by atoms with Gasteiger partial charge < -0.3 is 14.4 Å². The highest BCUT2D eigenvalue weighted by Crippen LogP contribution is 2.21. The SMILES string of the molecule is COc1ccc(C)cc1Cn1ccc(CO)c1. The molecule has 0 aliphatic heterocycles. The minimum absolute atomic E-state index is 0.0813. The molecule has 0 fully saturated rings. The van der Waals surface area contributed by atoms with E-state index in [1.54, 1.807) is 7.11 Å². The van der Waals surface area contributed by atoms with Crippen molar-refractivity contribution < 1.29 is 9.84 Å². The minimum Gasteiger partial charge on any atom is -0.496 e. The second kappa shape index (κ2) is 5.06. The Kier molecular flexibility index (Phi) is 3.49. The van der Waals surface area contributed by atoms with E-state index >= 15 is 0 Å². The maximum Gasteiger partial charge on any atom is 0.123 e. The second-order valence-electron chi connectivity index (χ2n) is 4.17. The zero-order valence-corrected chi connectivity index (χ0v) is 10.2. The van der Waals surface area contributed by atoms with Crippen LogP contribution in [0.5, 0.6) is 5.75 Å². The zero-order chi connectivity index (χ0) is 12.3. The highest BCUT2D eigenvalue weighted by atomic mass is 16.5. The molecule has 0 saturated carbocycles. The predicted molar refractivity (Wildman–Crippen MR) is 67.2 cm³/mol. The van der Waals surface area contributed by atoms with E-state index in [0.717, 1.165) is 23.4 Å². The van der Waals surface area contributed by atoms with Crippen LogP contribution in [0.25, 0.3) is 0 Å². The highest BCUT2D eigenvalue weighted by molar-refractivity contribution is 5.37. The molecule has 0 aliphatic carbocycles. The van der Waals surface area contributed by atoms with E-state index in [1.165, 1.54) is 5.56 Å². The van der Waals surface area contributed by atoms with Gasteiger partial charge in [-0.25, -0.2) is 0 Å². The fourth-order valence-electron chi connectivity index (χ4n) is 1.91. The van der Waals surface area contributed by atoms with E-state index in [9.17, 15) is 0 Å². The Balaban J connectivity index is 2.25. The lowest BCUT2D eigenvalue weighted by Crippen LogP contribution is -2.00. The molecule has 0 aliphatic rings. The van der Waals surface area contributed by atoms with Gasteiger partial charge in [-0.05, 0) is 24.6 Å². The maximum absolute atomic E-state index is 9.02. The number of rotatable bonds is 4. The van der Waals surface area contributed by atoms with Gasteiger partial charge in [-0.3, -0.25) is 0 Å². The summed E-state index contributed by atoms with van der Waals surface area (Å²) in [7, 11) is 1.68. The van der Waals surface area contributed by atoms with Gasteiger partial charge in [0.1, 0.15) is 5.75 Å². The summed E-state index contributed by atoms with van der Waals surface area (Å²) in [6.07, 6.45) is 3.91. The molecule has 0 amide bonds. The average molecular weight is 231 g/mol. The molecule has 0 unspecified atom stereocenters. The van der Waals surface area contributed by atoms with E-state index in [1.807, 2.05) is 35.2 Å². The van der Waals surface area contributed by atoms with Crippen molar-refractivity contribution >= 4 is 0 Å². The van der Waals surface area contributed by atoms with E-state index in [2.05, 4.69) is 13.0 Å². The van der Waals surface area contributed by atoms with Crippen molar-refractivity contribution in [1.82, 2.24) is 4.57 Å². The molecule has 0 saturated heterocycles. The number of aryl methyl sites for hydroxylation is 1. The Hall–Kier alpha value is -1.74. The number of nitrogens with zero attached hydrogens (tertiary/aromatic N) is 1. The van der Waals surface area contributed by atoms with Crippen molar-refractivity contribution in [2.45, 2.75) is 20.1 Å². The Labute approximate surface area is 101 Å². The molecule has 1 heterocycles. The fraction of sp³-hybridized carbons (Fsp3) is 0.286. The summed E-state index contributed by atoms with van der Waals surface area (Å²) >= 11 is 0. The predicted octanol–water partition coefficient (Wildman–Crippen LogP) is 2.35. The number of aromatic nitrogens is 1. The molecular formula is C14H17NO2. The fourth-order valence-corrected chi connectivity index (χ4v) is 1.91. The zero-order valence-electron chi connectivity index (χ0n) is 10.2. The number of methoxy groups -OCH3 is 1. The van der Waals surface area contributed by atoms with Gasteiger partial charge in [0.15, 0.2) is 0 Å². The lowest BCUT2D eigenvalue weighted by atomic mass is 10.1. The molecule has 3 nitrogen and oxygen atoms in total. The van der Waals surface area contributed by atoms with E-state index in [0.29, 0.717) is 0 Å². The van der Waals surface area contributed by atoms with Crippen LogP contribution in [-0.4, -0.2) is 16.8 Å². The van der Waals surface area contributed by atoms with Crippen LogP contribution in [0.15, 0.2) is 36.7 Å². The van der Waals surface area contributed by atoms with Gasteiger partial charge in [-0.1, -0.05) is 17.7 Å². The lowest BCUT2D eigenvalue weighted by molar-refractivity contribution is 0.282. The smallest absolute Gasteiger partial charge is 0.123 e. The number of aliphatic hydroxyl groups is 1. The maximum atomic E-state index is 9.02. The van der Waals surface area contributed by atoms with Crippen LogP contribution in [0.3, 0.4) is 0 Å². The van der Waals surface area contributed by atoms with Gasteiger partial charge in [0.05, 0.1) is 20.3 Å². The van der Waals surface area contributed by atoms with Crippen molar-refractivity contribution in [3.8, 4) is 5.75 Å². The first-order valence-electron chi connectivity index (χ1n) is 5.62. The third-order valence-electron chi connectivity index (χ3n) is 2.78. The molecule has 1 N–H and O–H groups in total. The van der Waals surface area contributed by atoms with Crippen molar-refractivity contribution in [2.75, 3.05) is 7.11 Å². The summed E-state index contributed by atoms with van der Waals surface area (Å²) in [5.74, 6) is 0.898. The van der Waals surface area contributed by atoms with Crippen molar-refractivity contribution in [3.05, 3.63) is 53.3 Å². The molecule has 0 atom stereocenters. The molecule has 0 spiro atoms. The van der Waals surface area contributed by atoms with E-state index in [4.69, 9.17) is 9.84 Å². The quantitative estimate of drug-likeness (QED) is 0.876. The Morgan fingerprint density at radius 2 is 2.12 bits per heavy atom. The van der Waals surface area contributed by atoms with Gasteiger partial charge in [-0.15, -0.1) is 0 Å². The average Bonchev–Trinajstić information content (AvgIpc) is 2.77. The molecule has 2 aromatic rings. The molecule has 3 heteroatoms. The van der Waals surface area contributed by atoms with E-state index < -0.39 is 0 Å². The molecule has 90 valence electrons. The van der Waals surface area contributed by atoms with Gasteiger partial charge in [0, 0.05) is 18.0 Å². The molecule has 1 aromatic heterocycles. The standard InChI is InChI=1S/C14H17NO2/c1-11-3-4-14(17-2)13(7-11)9-15-6-5-12(8-15)10-16/h3-8,16H,9-10H2,1-2H3. The number of hydrogen-bond donors (Lipinski definition) is 1. The van der Waals surface area contributed by atoms with Gasteiger partial charge >= 0.3 is 0 Å². The summed E-state index contributed by atoms with van der Waals surface area (Å²) < 4.78 is 7.39. The van der Waals surface area contributed by atoms with Crippen molar-refractivity contribution in [3.63, 3.8) is 0 Å². The summed E-state index contributed by atoms with van der Waals surface area (Å²) in [6.45, 7) is 2.90. The van der Waals surface area contributed by atoms with Crippen LogP contribution < -0.4 is 4.74 Å². The van der Waals surface area contributed by atoms with Crippen molar-refractivity contribution in [2.24, 2.45) is 0 Å². The summed E-state index contributed by atoms with van der Waals surface area (Å²) in [6, 6.07) is 8.07. The minimum atomic E-state index is 0.0813. The van der Waals surface area contributed by atoms with Crippen LogP contribution in [0.4, 0.5) is 0 Å². The highest BCUT2D eigenvalue weighted by Gasteiger charge is 2.04. The number of benzene rings is 1. The molecule has 0 bridgehead atoms. The summed E-state index contributed by atoms with van der Waals surface area (Å²) in [4.78, 5) is 0. The van der Waals surface area contributed by atoms with Gasteiger partial charge in [0.25, 0.3) is 0 Å². The number of hydrogen-bond acceptors (Lipinski definition) is 2. The van der Waals surface area contributed by atoms with E-state index in [-0.39, 0.29) is 6.61 Å².